The summed E-state index contributed by atoms with van der Waals surface area (Å²) in [4.78, 5) is 24.7. The van der Waals surface area contributed by atoms with Gasteiger partial charge in [-0.15, -0.1) is 10.2 Å². The van der Waals surface area contributed by atoms with Gasteiger partial charge in [0.15, 0.2) is 11.6 Å². The lowest BCUT2D eigenvalue weighted by Gasteiger charge is -2.24. The molecular formula is C22H14Cl2N8O3. The Kier molecular flexibility index (Phi) is 5.55. The summed E-state index contributed by atoms with van der Waals surface area (Å²) in [5.41, 5.74) is 7.38. The molecule has 0 saturated carbocycles. The van der Waals surface area contributed by atoms with Crippen LogP contribution in [0.5, 0.6) is 11.6 Å². The topological polar surface area (TPSA) is 151 Å². The summed E-state index contributed by atoms with van der Waals surface area (Å²) in [5.74, 6) is 0.136. The van der Waals surface area contributed by atoms with Crippen LogP contribution in [0.15, 0.2) is 70.8 Å². The number of halogens is 2. The second-order valence-corrected chi connectivity index (χ2v) is 8.11. The number of nitrogens with zero attached hydrogens (tertiary/aromatic N) is 5. The van der Waals surface area contributed by atoms with Crippen LogP contribution in [0.1, 0.15) is 0 Å². The van der Waals surface area contributed by atoms with E-state index in [0.29, 0.717) is 16.6 Å². The van der Waals surface area contributed by atoms with Crippen LogP contribution in [0.25, 0.3) is 22.0 Å². The molecule has 0 spiro atoms. The van der Waals surface area contributed by atoms with E-state index in [1.54, 1.807) is 30.5 Å². The number of rotatable bonds is 4. The fourth-order valence-electron chi connectivity index (χ4n) is 3.32. The molecule has 0 radical (unpaired) electrons. The number of benzene rings is 2. The average Bonchev–Trinajstić information content (AvgIpc) is 2.84. The van der Waals surface area contributed by atoms with Gasteiger partial charge in [0.1, 0.15) is 0 Å². The number of amides is 2. The molecule has 2 amide bonds. The molecule has 2 aromatic carbocycles. The number of hydrogen-bond donors (Lipinski definition) is 3. The number of hydrogen-bond acceptors (Lipinski definition) is 8. The zero-order chi connectivity index (χ0) is 24.7. The molecule has 13 heteroatoms. The van der Waals surface area contributed by atoms with Gasteiger partial charge in [0.25, 0.3) is 5.56 Å². The molecule has 35 heavy (non-hydrogen) atoms. The van der Waals surface area contributed by atoms with Crippen molar-refractivity contribution in [3.63, 3.8) is 0 Å². The number of anilines is 1. The Balaban J connectivity index is 1.48. The lowest BCUT2D eigenvalue weighted by Crippen LogP contribution is -2.45. The van der Waals surface area contributed by atoms with Gasteiger partial charge in [0, 0.05) is 11.5 Å². The van der Waals surface area contributed by atoms with Gasteiger partial charge in [-0.05, 0) is 35.9 Å². The van der Waals surface area contributed by atoms with Gasteiger partial charge >= 0.3 is 6.03 Å². The summed E-state index contributed by atoms with van der Waals surface area (Å²) in [6.45, 7) is 3.60. The van der Waals surface area contributed by atoms with Gasteiger partial charge in [-0.2, -0.15) is 15.2 Å². The first-order valence-corrected chi connectivity index (χ1v) is 10.7. The molecule has 11 nitrogen and oxygen atoms in total. The number of urea groups is 1. The van der Waals surface area contributed by atoms with E-state index in [4.69, 9.17) is 33.7 Å². The standard InChI is InChI=1S/C22H14Cl2N8O3/c1-10-20(25)31-32(22(34)27-10)13-7-15(23)19(16(24)8-13)35-18-9-14(21(33)30-29-18)11-2-3-17-12(6-11)4-5-26-28-17/h2-9H,1H2,(H2,25,31)(H,27,34)(H,30,33). The Morgan fingerprint density at radius 3 is 2.60 bits per heavy atom. The number of H-pyrrole nitrogens is 1. The smallest absolute Gasteiger partial charge is 0.347 e. The van der Waals surface area contributed by atoms with Crippen LogP contribution in [0, 0.1) is 0 Å². The van der Waals surface area contributed by atoms with Crippen molar-refractivity contribution in [2.45, 2.75) is 0 Å². The van der Waals surface area contributed by atoms with E-state index in [9.17, 15) is 9.59 Å². The largest absolute Gasteiger partial charge is 0.434 e. The van der Waals surface area contributed by atoms with Crippen LogP contribution in [-0.4, -0.2) is 32.3 Å². The summed E-state index contributed by atoms with van der Waals surface area (Å²) in [6, 6.07) is 10.8. The highest BCUT2D eigenvalue weighted by Gasteiger charge is 2.25. The molecule has 0 bridgehead atoms. The number of aromatic amines is 1. The first-order valence-electron chi connectivity index (χ1n) is 9.93. The lowest BCUT2D eigenvalue weighted by atomic mass is 10.1. The normalized spacial score (nSPS) is 13.5. The third kappa shape index (κ3) is 4.25. The van der Waals surface area contributed by atoms with Crippen LogP contribution in [0.4, 0.5) is 10.5 Å². The van der Waals surface area contributed by atoms with E-state index in [2.05, 4.69) is 37.4 Å². The fraction of sp³-hybridized carbons (Fsp3) is 0. The van der Waals surface area contributed by atoms with Crippen LogP contribution in [-0.2, 0) is 0 Å². The number of nitrogens with two attached hydrogens (primary N) is 1. The molecular weight excluding hydrogens is 495 g/mol. The maximum Gasteiger partial charge on any atom is 0.347 e. The summed E-state index contributed by atoms with van der Waals surface area (Å²) >= 11 is 12.8. The van der Waals surface area contributed by atoms with Crippen molar-refractivity contribution in [2.75, 3.05) is 5.01 Å². The van der Waals surface area contributed by atoms with Gasteiger partial charge in [0.2, 0.25) is 5.88 Å². The van der Waals surface area contributed by atoms with Crippen molar-refractivity contribution in [1.29, 1.82) is 0 Å². The molecule has 0 saturated heterocycles. The quantitative estimate of drug-likeness (QED) is 0.379. The molecule has 2 aromatic heterocycles. The van der Waals surface area contributed by atoms with Crippen molar-refractivity contribution in [3.05, 3.63) is 81.3 Å². The summed E-state index contributed by atoms with van der Waals surface area (Å²) < 4.78 is 5.79. The minimum Gasteiger partial charge on any atom is -0.434 e. The molecule has 5 rings (SSSR count). The minimum atomic E-state index is -0.585. The number of fused-ring (bicyclic) bond motifs is 1. The monoisotopic (exact) mass is 508 g/mol. The highest BCUT2D eigenvalue weighted by molar-refractivity contribution is 6.37. The molecule has 0 atom stereocenters. The Morgan fingerprint density at radius 2 is 1.83 bits per heavy atom. The number of hydrazone groups is 1. The van der Waals surface area contributed by atoms with Crippen LogP contribution in [0.2, 0.25) is 10.0 Å². The molecule has 0 unspecified atom stereocenters. The van der Waals surface area contributed by atoms with Crippen LogP contribution < -0.4 is 26.4 Å². The lowest BCUT2D eigenvalue weighted by molar-refractivity contribution is 0.248. The predicted octanol–water partition coefficient (Wildman–Crippen LogP) is 3.79. The SMILES string of the molecule is C=C1NC(=O)N(c2cc(Cl)c(Oc3cc(-c4ccc5nnccc5c4)c(=O)[nH]n3)c(Cl)c2)N=C1N. The fourth-order valence-corrected chi connectivity index (χ4v) is 3.87. The predicted molar refractivity (Wildman–Crippen MR) is 132 cm³/mol. The molecule has 3 heterocycles. The second kappa shape index (κ2) is 8.70. The summed E-state index contributed by atoms with van der Waals surface area (Å²) in [6.07, 6.45) is 1.56. The number of nitrogens with one attached hydrogen (secondary N) is 2. The van der Waals surface area contributed by atoms with Gasteiger partial charge in [-0.3, -0.25) is 4.79 Å². The van der Waals surface area contributed by atoms with E-state index < -0.39 is 11.6 Å². The Labute approximate surface area is 206 Å². The first kappa shape index (κ1) is 22.3. The van der Waals surface area contributed by atoms with Gasteiger partial charge < -0.3 is 15.8 Å². The molecule has 4 aromatic rings. The second-order valence-electron chi connectivity index (χ2n) is 7.30. The van der Waals surface area contributed by atoms with Crippen molar-refractivity contribution in [2.24, 2.45) is 10.8 Å². The van der Waals surface area contributed by atoms with E-state index in [0.717, 1.165) is 10.4 Å². The molecule has 174 valence electrons. The number of amidine groups is 1. The molecule has 1 aliphatic heterocycles. The Morgan fingerprint density at radius 1 is 1.06 bits per heavy atom. The van der Waals surface area contributed by atoms with Crippen molar-refractivity contribution in [1.82, 2.24) is 25.7 Å². The summed E-state index contributed by atoms with van der Waals surface area (Å²) in [7, 11) is 0. The van der Waals surface area contributed by atoms with E-state index in [1.165, 1.54) is 18.2 Å². The Hall–Kier alpha value is -4.48. The Bertz CT molecular complexity index is 1600. The number of ether oxygens (including phenoxy) is 1. The number of carbonyl (C=O) groups excluding carboxylic acids is 1. The zero-order valence-electron chi connectivity index (χ0n) is 17.6. The van der Waals surface area contributed by atoms with E-state index >= 15 is 0 Å². The molecule has 4 N–H and O–H groups in total. The zero-order valence-corrected chi connectivity index (χ0v) is 19.1. The van der Waals surface area contributed by atoms with Gasteiger partial charge in [-0.25, -0.2) is 9.89 Å². The van der Waals surface area contributed by atoms with E-state index in [1.807, 2.05) is 0 Å². The third-order valence-corrected chi connectivity index (χ3v) is 5.57. The minimum absolute atomic E-state index is 0.0304. The number of aromatic nitrogens is 4. The van der Waals surface area contributed by atoms with Gasteiger partial charge in [-0.1, -0.05) is 35.8 Å². The maximum absolute atomic E-state index is 12.5. The van der Waals surface area contributed by atoms with Crippen LogP contribution in [0.3, 0.4) is 0 Å². The van der Waals surface area contributed by atoms with E-state index in [-0.39, 0.29) is 38.9 Å². The van der Waals surface area contributed by atoms with Crippen molar-refractivity contribution < 1.29 is 9.53 Å². The van der Waals surface area contributed by atoms with Crippen molar-refractivity contribution >= 4 is 51.7 Å². The molecule has 0 aliphatic carbocycles. The highest BCUT2D eigenvalue weighted by Crippen LogP contribution is 2.40. The maximum atomic E-state index is 12.5. The van der Waals surface area contributed by atoms with Gasteiger partial charge in [0.05, 0.1) is 38.7 Å². The molecule has 0 fully saturated rings. The summed E-state index contributed by atoms with van der Waals surface area (Å²) in [5, 5.41) is 22.6. The average molecular weight is 509 g/mol. The first-order chi connectivity index (χ1) is 16.8. The third-order valence-electron chi connectivity index (χ3n) is 5.01. The van der Waals surface area contributed by atoms with Crippen molar-refractivity contribution in [3.8, 4) is 22.8 Å². The number of carbonyl (C=O) groups is 1. The van der Waals surface area contributed by atoms with Crippen LogP contribution >= 0.6 is 23.2 Å². The highest BCUT2D eigenvalue weighted by atomic mass is 35.5. The molecule has 1 aliphatic rings.